The van der Waals surface area contributed by atoms with Gasteiger partial charge in [0.1, 0.15) is 11.1 Å². The van der Waals surface area contributed by atoms with Crippen molar-refractivity contribution in [2.45, 2.75) is 19.3 Å². The van der Waals surface area contributed by atoms with Crippen LogP contribution >= 0.6 is 22.7 Å². The van der Waals surface area contributed by atoms with Crippen molar-refractivity contribution in [1.82, 2.24) is 0 Å². The minimum Gasteiger partial charge on any atom is -0.228 e. The summed E-state index contributed by atoms with van der Waals surface area (Å²) in [4.78, 5) is 2.94. The highest BCUT2D eigenvalue weighted by atomic mass is 32.2. The third-order valence-electron chi connectivity index (χ3n) is 4.05. The Kier molecular flexibility index (Phi) is 3.78. The molecule has 2 nitrogen and oxygen atoms in total. The van der Waals surface area contributed by atoms with Crippen molar-refractivity contribution in [3.63, 3.8) is 0 Å². The molecule has 1 saturated heterocycles. The Hall–Kier alpha value is -1.24. The summed E-state index contributed by atoms with van der Waals surface area (Å²) in [7, 11) is -3.09. The van der Waals surface area contributed by atoms with Gasteiger partial charge in [0, 0.05) is 19.3 Å². The van der Waals surface area contributed by atoms with Crippen LogP contribution in [0.1, 0.15) is 24.1 Å². The van der Waals surface area contributed by atoms with E-state index >= 15 is 0 Å². The van der Waals surface area contributed by atoms with Crippen molar-refractivity contribution in [2.75, 3.05) is 5.75 Å². The fraction of sp³-hybridized carbons (Fsp3) is 0.235. The lowest BCUT2D eigenvalue weighted by Gasteiger charge is -2.19. The van der Waals surface area contributed by atoms with Crippen molar-refractivity contribution in [3.8, 4) is 9.75 Å². The van der Waals surface area contributed by atoms with Gasteiger partial charge in [0.05, 0.1) is 5.75 Å². The highest BCUT2D eigenvalue weighted by Crippen LogP contribution is 2.42. The summed E-state index contributed by atoms with van der Waals surface area (Å²) in [6.07, 6.45) is 2.33. The molecule has 0 bridgehead atoms. The Morgan fingerprint density at radius 2 is 1.74 bits per heavy atom. The van der Waals surface area contributed by atoms with Gasteiger partial charge < -0.3 is 0 Å². The zero-order valence-electron chi connectivity index (χ0n) is 12.2. The zero-order chi connectivity index (χ0) is 16.0. The van der Waals surface area contributed by atoms with Crippen LogP contribution in [0.4, 0.5) is 4.39 Å². The smallest absolute Gasteiger partial charge is 0.162 e. The van der Waals surface area contributed by atoms with E-state index in [2.05, 4.69) is 0 Å². The fourth-order valence-corrected chi connectivity index (χ4v) is 7.19. The van der Waals surface area contributed by atoms with Crippen LogP contribution in [-0.4, -0.2) is 14.2 Å². The second-order valence-electron chi connectivity index (χ2n) is 5.66. The lowest BCUT2D eigenvalue weighted by atomic mass is 10.1. The minimum atomic E-state index is -3.09. The Morgan fingerprint density at radius 3 is 2.57 bits per heavy atom. The molecular formula is C17H14FO2S3. The zero-order valence-corrected chi connectivity index (χ0v) is 14.7. The number of rotatable bonds is 2. The predicted molar refractivity (Wildman–Crippen MR) is 95.1 cm³/mol. The molecule has 1 radical (unpaired) electrons. The van der Waals surface area contributed by atoms with Gasteiger partial charge in [-0.3, -0.25) is 0 Å². The molecule has 0 aliphatic carbocycles. The van der Waals surface area contributed by atoms with Crippen molar-refractivity contribution >= 4 is 42.6 Å². The number of fused-ring (bicyclic) bond motifs is 1. The van der Waals surface area contributed by atoms with Crippen LogP contribution in [-0.2, 0) is 9.84 Å². The Labute approximate surface area is 142 Å². The van der Waals surface area contributed by atoms with Crippen molar-refractivity contribution in [2.24, 2.45) is 0 Å². The molecule has 0 unspecified atom stereocenters. The van der Waals surface area contributed by atoms with Crippen LogP contribution in [0, 0.1) is 11.1 Å². The first-order chi connectivity index (χ1) is 11.0. The van der Waals surface area contributed by atoms with Gasteiger partial charge in [-0.2, -0.15) is 0 Å². The molecule has 0 spiro atoms. The molecular weight excluding hydrogens is 351 g/mol. The molecule has 119 valence electrons. The lowest BCUT2D eigenvalue weighted by Crippen LogP contribution is -2.21. The molecule has 1 fully saturated rings. The summed E-state index contributed by atoms with van der Waals surface area (Å²) < 4.78 is 38.7. The highest BCUT2D eigenvalue weighted by molar-refractivity contribution is 7.94. The second-order valence-corrected chi connectivity index (χ2v) is 9.95. The Morgan fingerprint density at radius 1 is 0.913 bits per heavy atom. The number of sulfone groups is 1. The van der Waals surface area contributed by atoms with E-state index in [1.54, 1.807) is 12.1 Å². The van der Waals surface area contributed by atoms with Gasteiger partial charge in [0.2, 0.25) is 0 Å². The van der Waals surface area contributed by atoms with Crippen LogP contribution < -0.4 is 0 Å². The topological polar surface area (TPSA) is 34.1 Å². The molecule has 6 heteroatoms. The average molecular weight is 365 g/mol. The van der Waals surface area contributed by atoms with Gasteiger partial charge in [0.15, 0.2) is 9.84 Å². The highest BCUT2D eigenvalue weighted by Gasteiger charge is 2.32. The molecule has 1 aliphatic rings. The molecule has 0 N–H and O–H groups in total. The standard InChI is InChI=1S/C17H14FO2S3/c18-12-5-4-11-9-16(22-15(11)10-12)13-6-7-14(21-13)17-3-1-2-8-23(17,19)20/h4-7,9-10H,1-3,8H2. The Balaban J connectivity index is 1.71. The molecule has 1 aromatic carbocycles. The van der Waals surface area contributed by atoms with E-state index in [0.717, 1.165) is 37.6 Å². The van der Waals surface area contributed by atoms with E-state index in [0.29, 0.717) is 11.7 Å². The van der Waals surface area contributed by atoms with Gasteiger partial charge in [-0.05, 0) is 48.6 Å². The first kappa shape index (κ1) is 15.3. The summed E-state index contributed by atoms with van der Waals surface area (Å²) in [6.45, 7) is 0. The van der Waals surface area contributed by atoms with Gasteiger partial charge in [-0.1, -0.05) is 12.5 Å². The van der Waals surface area contributed by atoms with Crippen molar-refractivity contribution in [1.29, 1.82) is 0 Å². The number of benzene rings is 1. The summed E-state index contributed by atoms with van der Waals surface area (Å²) in [6, 6.07) is 10.7. The lowest BCUT2D eigenvalue weighted by molar-refractivity contribution is 0.577. The van der Waals surface area contributed by atoms with E-state index in [1.165, 1.54) is 28.7 Å². The fourth-order valence-electron chi connectivity index (χ4n) is 2.88. The quantitative estimate of drug-likeness (QED) is 0.622. The van der Waals surface area contributed by atoms with Gasteiger partial charge in [-0.25, -0.2) is 12.8 Å². The molecule has 0 atom stereocenters. The van der Waals surface area contributed by atoms with Crippen LogP contribution in [0.15, 0.2) is 36.4 Å². The maximum atomic E-state index is 13.3. The first-order valence-corrected chi connectivity index (χ1v) is 10.7. The molecule has 2 aromatic heterocycles. The van der Waals surface area contributed by atoms with Gasteiger partial charge in [-0.15, -0.1) is 22.7 Å². The van der Waals surface area contributed by atoms with Crippen LogP contribution in [0.2, 0.25) is 0 Å². The molecule has 0 amide bonds. The van der Waals surface area contributed by atoms with E-state index < -0.39 is 9.84 Å². The van der Waals surface area contributed by atoms with E-state index in [-0.39, 0.29) is 11.6 Å². The van der Waals surface area contributed by atoms with Crippen LogP contribution in [0.3, 0.4) is 0 Å². The number of thiophene rings is 2. The SMILES string of the molecule is O=S1(=O)CCCC[C]1c1ccc(-c2cc3ccc(F)cc3s2)s1. The molecule has 23 heavy (non-hydrogen) atoms. The molecule has 0 saturated carbocycles. The van der Waals surface area contributed by atoms with Gasteiger partial charge in [0.25, 0.3) is 0 Å². The maximum absolute atomic E-state index is 13.3. The van der Waals surface area contributed by atoms with Gasteiger partial charge >= 0.3 is 0 Å². The average Bonchev–Trinajstić information content (AvgIpc) is 3.12. The van der Waals surface area contributed by atoms with Crippen molar-refractivity contribution < 1.29 is 12.8 Å². The minimum absolute atomic E-state index is 0.235. The number of hydrogen-bond donors (Lipinski definition) is 0. The second kappa shape index (κ2) is 5.69. The monoisotopic (exact) mass is 365 g/mol. The predicted octanol–water partition coefficient (Wildman–Crippen LogP) is 5.25. The number of halogens is 1. The van der Waals surface area contributed by atoms with E-state index in [1.807, 2.05) is 18.2 Å². The van der Waals surface area contributed by atoms with E-state index in [9.17, 15) is 12.8 Å². The van der Waals surface area contributed by atoms with Crippen LogP contribution in [0.5, 0.6) is 0 Å². The third-order valence-corrected chi connectivity index (χ3v) is 8.62. The summed E-state index contributed by atoms with van der Waals surface area (Å²) >= 11 is 3.05. The number of hydrogen-bond acceptors (Lipinski definition) is 4. The summed E-state index contributed by atoms with van der Waals surface area (Å²) in [5, 5.41) is 1.60. The molecule has 1 aliphatic heterocycles. The summed E-state index contributed by atoms with van der Waals surface area (Å²) in [5.74, 6) is 0.0270. The maximum Gasteiger partial charge on any atom is 0.162 e. The first-order valence-electron chi connectivity index (χ1n) is 7.41. The molecule has 3 heterocycles. The third kappa shape index (κ3) is 2.84. The molecule has 3 aromatic rings. The normalized spacial score (nSPS) is 18.5. The van der Waals surface area contributed by atoms with Crippen LogP contribution in [0.25, 0.3) is 19.8 Å². The molecule has 4 rings (SSSR count). The van der Waals surface area contributed by atoms with Crippen molar-refractivity contribution in [3.05, 3.63) is 52.3 Å². The largest absolute Gasteiger partial charge is 0.228 e. The Bertz CT molecular complexity index is 969. The van der Waals surface area contributed by atoms with E-state index in [4.69, 9.17) is 0 Å². The summed E-state index contributed by atoms with van der Waals surface area (Å²) in [5.41, 5.74) is 0.